The maximum atomic E-state index is 10.6. The predicted molar refractivity (Wildman–Crippen MR) is 73.2 cm³/mol. The maximum absolute atomic E-state index is 10.6. The number of nitrogens with one attached hydrogen (secondary N) is 1. The van der Waals surface area contributed by atoms with Crippen molar-refractivity contribution in [3.8, 4) is 0 Å². The van der Waals surface area contributed by atoms with Gasteiger partial charge in [-0.3, -0.25) is 10.1 Å². The fourth-order valence-electron chi connectivity index (χ4n) is 2.44. The van der Waals surface area contributed by atoms with Crippen molar-refractivity contribution in [2.75, 3.05) is 6.54 Å². The summed E-state index contributed by atoms with van der Waals surface area (Å²) in [6, 6.07) is 4.51. The van der Waals surface area contributed by atoms with E-state index in [9.17, 15) is 15.2 Å². The number of non-ortho nitro benzene ring substituents is 1. The molecule has 1 fully saturated rings. The van der Waals surface area contributed by atoms with Gasteiger partial charge in [-0.2, -0.15) is 0 Å². The molecule has 104 valence electrons. The van der Waals surface area contributed by atoms with Crippen LogP contribution in [0, 0.1) is 16.0 Å². The van der Waals surface area contributed by atoms with Gasteiger partial charge < -0.3 is 10.4 Å². The fraction of sp³-hybridized carbons (Fsp3) is 0.538. The molecular formula is C13H17ClN2O3. The lowest BCUT2D eigenvalue weighted by Crippen LogP contribution is -2.21. The lowest BCUT2D eigenvalue weighted by Gasteiger charge is -2.11. The van der Waals surface area contributed by atoms with E-state index in [1.165, 1.54) is 12.1 Å². The predicted octanol–water partition coefficient (Wildman–Crippen LogP) is 2.50. The Labute approximate surface area is 116 Å². The van der Waals surface area contributed by atoms with Gasteiger partial charge in [0.2, 0.25) is 0 Å². The molecule has 0 bridgehead atoms. The van der Waals surface area contributed by atoms with Crippen LogP contribution in [-0.4, -0.2) is 22.7 Å². The molecule has 0 aromatic heterocycles. The van der Waals surface area contributed by atoms with Gasteiger partial charge in [0.15, 0.2) is 0 Å². The van der Waals surface area contributed by atoms with Crippen molar-refractivity contribution < 1.29 is 10.0 Å². The highest BCUT2D eigenvalue weighted by molar-refractivity contribution is 6.31. The number of aliphatic hydroxyl groups excluding tert-OH is 1. The average molecular weight is 285 g/mol. The summed E-state index contributed by atoms with van der Waals surface area (Å²) >= 11 is 6.01. The lowest BCUT2D eigenvalue weighted by molar-refractivity contribution is -0.384. The first kappa shape index (κ1) is 14.2. The van der Waals surface area contributed by atoms with Crippen LogP contribution in [-0.2, 0) is 6.54 Å². The number of rotatable bonds is 5. The van der Waals surface area contributed by atoms with E-state index in [4.69, 9.17) is 11.6 Å². The summed E-state index contributed by atoms with van der Waals surface area (Å²) in [5.74, 6) is 0.506. The molecule has 19 heavy (non-hydrogen) atoms. The van der Waals surface area contributed by atoms with Crippen LogP contribution in [0.25, 0.3) is 0 Å². The second kappa shape index (κ2) is 6.32. The molecule has 6 heteroatoms. The quantitative estimate of drug-likeness (QED) is 0.643. The van der Waals surface area contributed by atoms with Gasteiger partial charge in [0, 0.05) is 18.7 Å². The number of hydrogen-bond acceptors (Lipinski definition) is 4. The van der Waals surface area contributed by atoms with Crippen LogP contribution in [0.1, 0.15) is 24.8 Å². The average Bonchev–Trinajstić information content (AvgIpc) is 2.77. The smallest absolute Gasteiger partial charge is 0.270 e. The Kier molecular flexibility index (Phi) is 4.74. The van der Waals surface area contributed by atoms with E-state index in [0.717, 1.165) is 31.4 Å². The molecule has 5 nitrogen and oxygen atoms in total. The Hall–Kier alpha value is -1.17. The van der Waals surface area contributed by atoms with Crippen LogP contribution in [0.3, 0.4) is 0 Å². The van der Waals surface area contributed by atoms with Gasteiger partial charge in [-0.15, -0.1) is 0 Å². The third-order valence-electron chi connectivity index (χ3n) is 3.51. The highest BCUT2D eigenvalue weighted by Crippen LogP contribution is 2.25. The van der Waals surface area contributed by atoms with Gasteiger partial charge in [0.25, 0.3) is 5.69 Å². The van der Waals surface area contributed by atoms with Crippen molar-refractivity contribution in [3.05, 3.63) is 38.9 Å². The first-order valence-electron chi connectivity index (χ1n) is 6.38. The van der Waals surface area contributed by atoms with E-state index in [0.29, 0.717) is 17.5 Å². The monoisotopic (exact) mass is 284 g/mol. The largest absolute Gasteiger partial charge is 0.393 e. The second-order valence-corrected chi connectivity index (χ2v) is 5.40. The van der Waals surface area contributed by atoms with Gasteiger partial charge in [0.1, 0.15) is 0 Å². The molecule has 0 saturated heterocycles. The van der Waals surface area contributed by atoms with E-state index in [2.05, 4.69) is 5.32 Å². The molecule has 1 saturated carbocycles. The van der Waals surface area contributed by atoms with Crippen LogP contribution in [0.5, 0.6) is 0 Å². The van der Waals surface area contributed by atoms with E-state index >= 15 is 0 Å². The van der Waals surface area contributed by atoms with Crippen LogP contribution < -0.4 is 5.32 Å². The molecule has 0 spiro atoms. The molecule has 0 heterocycles. The molecule has 1 aromatic rings. The minimum atomic E-state index is -0.455. The number of nitro benzene ring substituents is 1. The highest BCUT2D eigenvalue weighted by Gasteiger charge is 2.22. The molecule has 2 unspecified atom stereocenters. The van der Waals surface area contributed by atoms with Crippen molar-refractivity contribution in [2.24, 2.45) is 5.92 Å². The number of benzene rings is 1. The van der Waals surface area contributed by atoms with E-state index in [1.807, 2.05) is 0 Å². The van der Waals surface area contributed by atoms with Crippen LogP contribution in [0.15, 0.2) is 18.2 Å². The molecule has 2 atom stereocenters. The highest BCUT2D eigenvalue weighted by atomic mass is 35.5. The third-order valence-corrected chi connectivity index (χ3v) is 3.86. The topological polar surface area (TPSA) is 75.4 Å². The van der Waals surface area contributed by atoms with Gasteiger partial charge in [-0.05, 0) is 43.4 Å². The zero-order valence-corrected chi connectivity index (χ0v) is 11.3. The zero-order valence-electron chi connectivity index (χ0n) is 10.5. The zero-order chi connectivity index (χ0) is 13.8. The van der Waals surface area contributed by atoms with Crippen molar-refractivity contribution >= 4 is 17.3 Å². The number of nitro groups is 1. The van der Waals surface area contributed by atoms with Crippen molar-refractivity contribution in [1.82, 2.24) is 5.32 Å². The number of aliphatic hydroxyl groups is 1. The fourth-order valence-corrected chi connectivity index (χ4v) is 2.68. The number of hydrogen-bond donors (Lipinski definition) is 2. The summed E-state index contributed by atoms with van der Waals surface area (Å²) < 4.78 is 0. The lowest BCUT2D eigenvalue weighted by atomic mass is 10.1. The Morgan fingerprint density at radius 1 is 1.47 bits per heavy atom. The van der Waals surface area contributed by atoms with Crippen molar-refractivity contribution in [1.29, 1.82) is 0 Å². The van der Waals surface area contributed by atoms with Gasteiger partial charge in [-0.1, -0.05) is 11.6 Å². The molecule has 1 aromatic carbocycles. The Balaban J connectivity index is 1.84. The van der Waals surface area contributed by atoms with Crippen LogP contribution >= 0.6 is 11.6 Å². The second-order valence-electron chi connectivity index (χ2n) is 5.00. The SMILES string of the molecule is O=[N+]([O-])c1ccc(CNCC2CCC(O)C2)c(Cl)c1. The van der Waals surface area contributed by atoms with E-state index in [1.54, 1.807) is 6.07 Å². The molecule has 0 aliphatic heterocycles. The maximum Gasteiger partial charge on any atom is 0.270 e. The first-order chi connectivity index (χ1) is 9.06. The summed E-state index contributed by atoms with van der Waals surface area (Å²) in [7, 11) is 0. The molecule has 1 aliphatic rings. The summed E-state index contributed by atoms with van der Waals surface area (Å²) in [6.45, 7) is 1.42. The molecule has 2 rings (SSSR count). The Morgan fingerprint density at radius 2 is 2.26 bits per heavy atom. The first-order valence-corrected chi connectivity index (χ1v) is 6.75. The van der Waals surface area contributed by atoms with E-state index in [-0.39, 0.29) is 11.8 Å². The van der Waals surface area contributed by atoms with Gasteiger partial charge >= 0.3 is 0 Å². The Bertz CT molecular complexity index is 467. The van der Waals surface area contributed by atoms with Gasteiger partial charge in [-0.25, -0.2) is 0 Å². The number of nitrogens with zero attached hydrogens (tertiary/aromatic N) is 1. The minimum absolute atomic E-state index is 0.00710. The van der Waals surface area contributed by atoms with Crippen LogP contribution in [0.4, 0.5) is 5.69 Å². The van der Waals surface area contributed by atoms with E-state index < -0.39 is 4.92 Å². The molecule has 2 N–H and O–H groups in total. The Morgan fingerprint density at radius 3 is 2.84 bits per heavy atom. The van der Waals surface area contributed by atoms with Crippen molar-refractivity contribution in [3.63, 3.8) is 0 Å². The molecular weight excluding hydrogens is 268 g/mol. The summed E-state index contributed by atoms with van der Waals surface area (Å²) in [6.07, 6.45) is 2.61. The van der Waals surface area contributed by atoms with Crippen molar-refractivity contribution in [2.45, 2.75) is 31.9 Å². The summed E-state index contributed by atoms with van der Waals surface area (Å²) in [5.41, 5.74) is 0.860. The molecule has 0 amide bonds. The minimum Gasteiger partial charge on any atom is -0.393 e. The third kappa shape index (κ3) is 3.89. The standard InChI is InChI=1S/C13H17ClN2O3/c14-13-6-11(16(18)19)3-2-10(13)8-15-7-9-1-4-12(17)5-9/h2-3,6,9,12,15,17H,1,4-5,7-8H2. The summed E-state index contributed by atoms with van der Waals surface area (Å²) in [5, 5.41) is 23.7. The molecule has 0 radical (unpaired) electrons. The van der Waals surface area contributed by atoms with Crippen LogP contribution in [0.2, 0.25) is 5.02 Å². The number of halogens is 1. The summed E-state index contributed by atoms with van der Waals surface area (Å²) in [4.78, 5) is 10.1. The van der Waals surface area contributed by atoms with Gasteiger partial charge in [0.05, 0.1) is 16.0 Å². The molecule has 1 aliphatic carbocycles. The normalized spacial score (nSPS) is 22.6.